The van der Waals surface area contributed by atoms with Crippen molar-refractivity contribution in [3.8, 4) is 0 Å². The van der Waals surface area contributed by atoms with E-state index in [-0.39, 0.29) is 15.9 Å². The molecule has 0 aliphatic heterocycles. The monoisotopic (exact) mass is 643 g/mol. The number of hydrogen-bond acceptors (Lipinski definition) is 3. The van der Waals surface area contributed by atoms with Gasteiger partial charge in [0.15, 0.2) is 0 Å². The number of hydrogen-bond donors (Lipinski definition) is 0. The van der Waals surface area contributed by atoms with Crippen molar-refractivity contribution in [1.82, 2.24) is 0 Å². The van der Waals surface area contributed by atoms with Crippen LogP contribution in [-0.4, -0.2) is 42.4 Å². The molecule has 43 heavy (non-hydrogen) atoms. The first-order chi connectivity index (χ1) is 19.9. The van der Waals surface area contributed by atoms with Gasteiger partial charge in [-0.3, -0.25) is 4.74 Å². The second-order valence-corrected chi connectivity index (χ2v) is 11.8. The third-order valence-corrected chi connectivity index (χ3v) is 9.70. The molecule has 0 amide bonds. The fourth-order valence-corrected chi connectivity index (χ4v) is 7.48. The summed E-state index contributed by atoms with van der Waals surface area (Å²) in [6, 6.07) is 20.9. The number of benzene rings is 3. The van der Waals surface area contributed by atoms with Crippen molar-refractivity contribution in [3.05, 3.63) is 103 Å². The molecule has 232 valence electrons. The first-order valence-corrected chi connectivity index (χ1v) is 13.9. The fraction of sp³-hybridized carbons (Fsp3) is 0.250. The van der Waals surface area contributed by atoms with Crippen molar-refractivity contribution in [3.63, 3.8) is 0 Å². The Kier molecular flexibility index (Phi) is 9.55. The largest absolute Gasteiger partial charge is 0.463 e. The summed E-state index contributed by atoms with van der Waals surface area (Å²) in [5.41, 5.74) is -2.50. The Hall–Kier alpha value is -3.67. The summed E-state index contributed by atoms with van der Waals surface area (Å²) in [4.78, 5) is 12.3. The lowest BCUT2D eigenvalue weighted by Crippen LogP contribution is -2.66. The van der Waals surface area contributed by atoms with Crippen molar-refractivity contribution < 1.29 is 57.8 Å². The maximum absolute atomic E-state index is 15.7. The Balaban J connectivity index is 2.54. The van der Waals surface area contributed by atoms with E-state index in [0.29, 0.717) is 0 Å². The van der Waals surface area contributed by atoms with Crippen molar-refractivity contribution in [1.29, 1.82) is 0 Å². The molecule has 0 aliphatic rings. The maximum atomic E-state index is 15.7. The van der Waals surface area contributed by atoms with Crippen LogP contribution in [-0.2, 0) is 9.53 Å². The Morgan fingerprint density at radius 2 is 1.02 bits per heavy atom. The predicted octanol–water partition coefficient (Wildman–Crippen LogP) is 7.71. The Morgan fingerprint density at radius 1 is 0.651 bits per heavy atom. The zero-order valence-electron chi connectivity index (χ0n) is 21.8. The van der Waals surface area contributed by atoms with E-state index >= 15 is 8.78 Å². The molecule has 3 rings (SSSR count). The lowest BCUT2D eigenvalue weighted by Gasteiger charge is -2.38. The van der Waals surface area contributed by atoms with Crippen LogP contribution < -0.4 is 15.9 Å². The molecule has 0 N–H and O–H groups in total. The van der Waals surface area contributed by atoms with Crippen LogP contribution in [0.15, 0.2) is 108 Å². The number of alkyl halides is 11. The summed E-state index contributed by atoms with van der Waals surface area (Å²) in [6.45, 7) is 0.631. The van der Waals surface area contributed by atoms with Gasteiger partial charge in [0.2, 0.25) is 0 Å². The van der Waals surface area contributed by atoms with E-state index in [4.69, 9.17) is 0 Å². The molecule has 3 aromatic rings. The van der Waals surface area contributed by atoms with Gasteiger partial charge < -0.3 is 4.74 Å². The van der Waals surface area contributed by atoms with E-state index < -0.39 is 61.3 Å². The number of halogens is 11. The summed E-state index contributed by atoms with van der Waals surface area (Å²) in [5, 5.41) is 0.149. The highest BCUT2D eigenvalue weighted by atomic mass is 31.2. The summed E-state index contributed by atoms with van der Waals surface area (Å²) in [7, 11) is -4.10. The summed E-state index contributed by atoms with van der Waals surface area (Å²) < 4.78 is 164. The second kappa shape index (κ2) is 12.1. The fourth-order valence-electron chi connectivity index (χ4n) is 3.92. The van der Waals surface area contributed by atoms with Crippen molar-refractivity contribution in [2.24, 2.45) is 4.74 Å². The molecule has 0 fully saturated rings. The van der Waals surface area contributed by atoms with Crippen LogP contribution in [0.5, 0.6) is 0 Å². The molecule has 0 atom stereocenters. The number of nitrogens with zero attached hydrogens (tertiary/aromatic N) is 1. The van der Waals surface area contributed by atoms with Gasteiger partial charge in [0.1, 0.15) is 5.70 Å². The van der Waals surface area contributed by atoms with Crippen LogP contribution in [0.1, 0.15) is 6.92 Å². The third-order valence-electron chi connectivity index (χ3n) is 6.05. The Bertz CT molecular complexity index is 1390. The zero-order chi connectivity index (χ0) is 32.3. The predicted molar refractivity (Wildman–Crippen MR) is 138 cm³/mol. The van der Waals surface area contributed by atoms with Crippen molar-refractivity contribution in [2.45, 2.75) is 36.8 Å². The van der Waals surface area contributed by atoms with Gasteiger partial charge in [0.25, 0.3) is 0 Å². The molecule has 0 radical (unpaired) electrons. The molecule has 0 aromatic heterocycles. The standard InChI is InChI=1S/C28H21F11NO2P/c1-2-42-23(41)18-22(24(29,30)25(31,32)26(33,34)27(35,36)28(37,38)39)40-43(19-12-6-3-7-13-19,20-14-8-4-9-15-20)21-16-10-5-11-17-21/h3-18H,2H2,1H3/b22-18+. The van der Waals surface area contributed by atoms with E-state index in [2.05, 4.69) is 9.48 Å². The molecule has 3 nitrogen and oxygen atoms in total. The average Bonchev–Trinajstić information content (AvgIpc) is 2.96. The van der Waals surface area contributed by atoms with Crippen LogP contribution >= 0.6 is 7.05 Å². The highest BCUT2D eigenvalue weighted by molar-refractivity contribution is 7.87. The van der Waals surface area contributed by atoms with Crippen LogP contribution in [0, 0.1) is 0 Å². The Morgan fingerprint density at radius 3 is 1.35 bits per heavy atom. The zero-order valence-corrected chi connectivity index (χ0v) is 22.7. The van der Waals surface area contributed by atoms with Crippen LogP contribution in [0.2, 0.25) is 0 Å². The molecule has 0 saturated carbocycles. The third kappa shape index (κ3) is 5.93. The lowest BCUT2D eigenvalue weighted by molar-refractivity contribution is -0.418. The number of carbonyl (C=O) groups is 1. The van der Waals surface area contributed by atoms with E-state index in [1.54, 1.807) is 0 Å². The topological polar surface area (TPSA) is 38.7 Å². The van der Waals surface area contributed by atoms with Crippen molar-refractivity contribution >= 4 is 28.9 Å². The number of allylic oxidation sites excluding steroid dienone is 1. The molecule has 0 unspecified atom stereocenters. The lowest BCUT2D eigenvalue weighted by atomic mass is 9.96. The van der Waals surface area contributed by atoms with Crippen molar-refractivity contribution in [2.75, 3.05) is 6.61 Å². The van der Waals surface area contributed by atoms with Gasteiger partial charge in [0, 0.05) is 15.9 Å². The minimum Gasteiger partial charge on any atom is -0.463 e. The molecule has 0 bridgehead atoms. The molecule has 0 heterocycles. The number of carbonyl (C=O) groups excluding carboxylic acids is 1. The van der Waals surface area contributed by atoms with Gasteiger partial charge >= 0.3 is 35.8 Å². The first-order valence-electron chi connectivity index (χ1n) is 12.1. The van der Waals surface area contributed by atoms with Gasteiger partial charge in [-0.2, -0.15) is 48.3 Å². The van der Waals surface area contributed by atoms with E-state index in [9.17, 15) is 44.3 Å². The molecule has 3 aromatic carbocycles. The average molecular weight is 643 g/mol. The summed E-state index contributed by atoms with van der Waals surface area (Å²) >= 11 is 0. The van der Waals surface area contributed by atoms with E-state index in [1.807, 2.05) is 0 Å². The smallest absolute Gasteiger partial charge is 0.460 e. The number of esters is 1. The SMILES string of the molecule is CCOC(=O)/C=C(/N=P(c1ccccc1)(c1ccccc1)c1ccccc1)C(F)(F)C(F)(F)C(F)(F)C(F)(F)C(F)(F)F. The van der Waals surface area contributed by atoms with Crippen LogP contribution in [0.3, 0.4) is 0 Å². The first kappa shape index (κ1) is 33.8. The van der Waals surface area contributed by atoms with E-state index in [0.717, 1.165) is 0 Å². The molecule has 0 aliphatic carbocycles. The Labute approximate surface area is 238 Å². The number of ether oxygens (including phenoxy) is 1. The van der Waals surface area contributed by atoms with E-state index in [1.165, 1.54) is 97.9 Å². The van der Waals surface area contributed by atoms with Gasteiger partial charge in [-0.1, -0.05) is 91.0 Å². The summed E-state index contributed by atoms with van der Waals surface area (Å²) in [6.07, 6.45) is -7.77. The number of rotatable bonds is 10. The summed E-state index contributed by atoms with van der Waals surface area (Å²) in [5.74, 6) is -31.2. The molecule has 0 saturated heterocycles. The normalized spacial score (nSPS) is 13.9. The second-order valence-electron chi connectivity index (χ2n) is 8.82. The van der Waals surface area contributed by atoms with Gasteiger partial charge in [-0.15, -0.1) is 0 Å². The molecular weight excluding hydrogens is 622 g/mol. The molecule has 15 heteroatoms. The van der Waals surface area contributed by atoms with Gasteiger partial charge in [-0.05, 0) is 6.92 Å². The minimum atomic E-state index is -7.71. The van der Waals surface area contributed by atoms with Crippen LogP contribution in [0.4, 0.5) is 48.3 Å². The molecule has 0 spiro atoms. The highest BCUT2D eigenvalue weighted by Gasteiger charge is 2.87. The maximum Gasteiger partial charge on any atom is 0.460 e. The van der Waals surface area contributed by atoms with Gasteiger partial charge in [-0.25, -0.2) is 4.79 Å². The molecular formula is C28H21F11NO2P. The van der Waals surface area contributed by atoms with Gasteiger partial charge in [0.05, 0.1) is 19.7 Å². The minimum absolute atomic E-state index is 0.0497. The highest BCUT2D eigenvalue weighted by Crippen LogP contribution is 2.60. The quantitative estimate of drug-likeness (QED) is 0.0983. The van der Waals surface area contributed by atoms with Crippen LogP contribution in [0.25, 0.3) is 0 Å².